The van der Waals surface area contributed by atoms with Gasteiger partial charge in [-0.3, -0.25) is 14.4 Å². The number of benzene rings is 1. The van der Waals surface area contributed by atoms with Crippen LogP contribution in [0.15, 0.2) is 36.9 Å². The van der Waals surface area contributed by atoms with E-state index in [1.165, 1.54) is 9.80 Å². The molecule has 3 aliphatic heterocycles. The highest BCUT2D eigenvalue weighted by Crippen LogP contribution is 2.65. The molecule has 0 aliphatic carbocycles. The predicted molar refractivity (Wildman–Crippen MR) is 122 cm³/mol. The van der Waals surface area contributed by atoms with E-state index in [4.69, 9.17) is 16.3 Å². The summed E-state index contributed by atoms with van der Waals surface area (Å²) < 4.78 is 6.45. The number of carboxylic acid groups (broad SMARTS) is 1. The molecule has 3 fully saturated rings. The van der Waals surface area contributed by atoms with E-state index < -0.39 is 52.9 Å². The lowest BCUT2D eigenvalue weighted by atomic mass is 9.62. The molecule has 33 heavy (non-hydrogen) atoms. The number of amides is 2. The summed E-state index contributed by atoms with van der Waals surface area (Å²) in [5, 5.41) is 20.5. The number of carbonyl (C=O) groups is 3. The van der Waals surface area contributed by atoms with Crippen molar-refractivity contribution in [2.75, 3.05) is 18.1 Å². The Hall–Kier alpha value is -2.42. The van der Waals surface area contributed by atoms with Crippen molar-refractivity contribution in [2.45, 2.75) is 50.5 Å². The molecule has 1 spiro atoms. The quantitative estimate of drug-likeness (QED) is 0.585. The summed E-state index contributed by atoms with van der Waals surface area (Å²) in [5.74, 6) is -4.25. The number of carbonyl (C=O) groups excluding carboxylic acids is 2. The average molecular weight is 477 g/mol. The van der Waals surface area contributed by atoms with E-state index >= 15 is 0 Å². The van der Waals surface area contributed by atoms with Crippen LogP contribution in [0.1, 0.15) is 27.2 Å². The number of anilines is 1. The van der Waals surface area contributed by atoms with E-state index in [0.29, 0.717) is 17.1 Å². The minimum absolute atomic E-state index is 0.169. The van der Waals surface area contributed by atoms with Gasteiger partial charge >= 0.3 is 5.97 Å². The Bertz CT molecular complexity index is 999. The van der Waals surface area contributed by atoms with Crippen molar-refractivity contribution in [3.8, 4) is 0 Å². The molecule has 0 radical (unpaired) electrons. The summed E-state index contributed by atoms with van der Waals surface area (Å²) in [6.45, 7) is 8.82. The van der Waals surface area contributed by atoms with Crippen LogP contribution in [0.5, 0.6) is 0 Å². The van der Waals surface area contributed by atoms with Gasteiger partial charge in [-0.05, 0) is 50.5 Å². The number of hydrogen-bond acceptors (Lipinski definition) is 5. The molecule has 0 aromatic heterocycles. The monoisotopic (exact) mass is 476 g/mol. The molecule has 2 amide bonds. The van der Waals surface area contributed by atoms with Crippen molar-refractivity contribution in [2.24, 2.45) is 17.8 Å². The van der Waals surface area contributed by atoms with Crippen molar-refractivity contribution >= 4 is 35.1 Å². The first kappa shape index (κ1) is 23.7. The van der Waals surface area contributed by atoms with E-state index in [2.05, 4.69) is 6.58 Å². The molecular weight excluding hydrogens is 448 g/mol. The Kier molecular flexibility index (Phi) is 5.83. The molecule has 7 atom stereocenters. The van der Waals surface area contributed by atoms with Gasteiger partial charge in [0.05, 0.1) is 24.2 Å². The molecule has 3 aliphatic rings. The third-order valence-electron chi connectivity index (χ3n) is 7.71. The zero-order valence-electron chi connectivity index (χ0n) is 18.9. The summed E-state index contributed by atoms with van der Waals surface area (Å²) in [7, 11) is 0. The highest BCUT2D eigenvalue weighted by atomic mass is 35.5. The van der Waals surface area contributed by atoms with Crippen LogP contribution in [0.25, 0.3) is 0 Å². The van der Waals surface area contributed by atoms with Gasteiger partial charge in [0.25, 0.3) is 5.91 Å². The minimum atomic E-state index is -1.29. The van der Waals surface area contributed by atoms with Crippen LogP contribution in [-0.4, -0.2) is 69.3 Å². The zero-order chi connectivity index (χ0) is 24.3. The maximum Gasteiger partial charge on any atom is 0.310 e. The van der Waals surface area contributed by atoms with Gasteiger partial charge in [-0.15, -0.1) is 6.58 Å². The molecule has 0 saturated carbocycles. The van der Waals surface area contributed by atoms with Crippen LogP contribution in [0, 0.1) is 17.8 Å². The third-order valence-corrected chi connectivity index (χ3v) is 7.96. The molecule has 4 rings (SSSR count). The van der Waals surface area contributed by atoms with Crippen molar-refractivity contribution in [3.63, 3.8) is 0 Å². The van der Waals surface area contributed by atoms with Crippen LogP contribution in [0.3, 0.4) is 0 Å². The molecule has 3 heterocycles. The molecule has 2 N–H and O–H groups in total. The van der Waals surface area contributed by atoms with E-state index in [-0.39, 0.29) is 19.1 Å². The lowest BCUT2D eigenvalue weighted by Crippen LogP contribution is -2.58. The molecule has 9 heteroatoms. The largest absolute Gasteiger partial charge is 0.481 e. The number of ether oxygens (including phenoxy) is 1. The highest BCUT2D eigenvalue weighted by Gasteiger charge is 2.80. The Morgan fingerprint density at radius 1 is 1.39 bits per heavy atom. The Morgan fingerprint density at radius 2 is 2.03 bits per heavy atom. The Labute approximate surface area is 197 Å². The summed E-state index contributed by atoms with van der Waals surface area (Å²) in [6.07, 6.45) is 1.95. The summed E-state index contributed by atoms with van der Waals surface area (Å²) in [4.78, 5) is 43.0. The van der Waals surface area contributed by atoms with Crippen LogP contribution < -0.4 is 4.90 Å². The maximum atomic E-state index is 14.2. The van der Waals surface area contributed by atoms with Crippen LogP contribution in [0.4, 0.5) is 5.69 Å². The van der Waals surface area contributed by atoms with Gasteiger partial charge in [0.15, 0.2) is 0 Å². The number of carboxylic acids is 1. The minimum Gasteiger partial charge on any atom is -0.481 e. The van der Waals surface area contributed by atoms with Gasteiger partial charge in [-0.25, -0.2) is 0 Å². The standard InChI is InChI=1S/C24H29ClN2O6/c1-5-10-26(16-8-6-15(25)7-9-16)21(30)19-24-11-13(2)23(4,33-24)18(22(31)32)17(24)20(29)27(19)14(3)12-28/h5-9,13-14,17-19,28H,1,10-12H2,2-4H3,(H,31,32)/t13?,14-,17+,18-,19?,23+,24?/m1/s1. The smallest absolute Gasteiger partial charge is 0.310 e. The lowest BCUT2D eigenvalue weighted by Gasteiger charge is -2.38. The zero-order valence-corrected chi connectivity index (χ0v) is 19.7. The van der Waals surface area contributed by atoms with E-state index in [9.17, 15) is 24.6 Å². The maximum absolute atomic E-state index is 14.2. The number of fused-ring (bicyclic) bond motifs is 1. The predicted octanol–water partition coefficient (Wildman–Crippen LogP) is 2.34. The fourth-order valence-electron chi connectivity index (χ4n) is 6.11. The molecule has 8 nitrogen and oxygen atoms in total. The van der Waals surface area contributed by atoms with Crippen molar-refractivity contribution in [3.05, 3.63) is 41.9 Å². The molecule has 3 saturated heterocycles. The number of aliphatic hydroxyl groups excluding tert-OH is 1. The van der Waals surface area contributed by atoms with Gasteiger partial charge in [0.2, 0.25) is 5.91 Å². The van der Waals surface area contributed by atoms with Crippen molar-refractivity contribution < 1.29 is 29.3 Å². The van der Waals surface area contributed by atoms with E-state index in [1.807, 2.05) is 6.92 Å². The number of rotatable bonds is 7. The average Bonchev–Trinajstić information content (AvgIpc) is 3.28. The first-order valence-corrected chi connectivity index (χ1v) is 11.4. The molecule has 1 aromatic carbocycles. The van der Waals surface area contributed by atoms with E-state index in [1.54, 1.807) is 44.2 Å². The first-order chi connectivity index (χ1) is 15.5. The van der Waals surface area contributed by atoms with Crippen molar-refractivity contribution in [1.29, 1.82) is 0 Å². The summed E-state index contributed by atoms with van der Waals surface area (Å²) in [5.41, 5.74) is -1.79. The molecule has 2 bridgehead atoms. The third kappa shape index (κ3) is 3.22. The number of halogens is 1. The SMILES string of the molecule is C=CCN(C(=O)C1N([C@H](C)CO)C(=O)[C@@H]2[C@H](C(=O)O)[C@@]3(C)OC12CC3C)c1ccc(Cl)cc1. The fraction of sp³-hybridized carbons (Fsp3) is 0.542. The van der Waals surface area contributed by atoms with Gasteiger partial charge in [-0.2, -0.15) is 0 Å². The Morgan fingerprint density at radius 3 is 2.58 bits per heavy atom. The molecular formula is C24H29ClN2O6. The number of nitrogens with zero attached hydrogens (tertiary/aromatic N) is 2. The number of aliphatic hydroxyl groups is 1. The molecule has 1 aromatic rings. The van der Waals surface area contributed by atoms with Crippen LogP contribution in [0.2, 0.25) is 5.02 Å². The second kappa shape index (κ2) is 8.11. The molecule has 178 valence electrons. The topological polar surface area (TPSA) is 107 Å². The van der Waals surface area contributed by atoms with Gasteiger partial charge < -0.3 is 24.7 Å². The second-order valence-corrected chi connectivity index (χ2v) is 9.97. The van der Waals surface area contributed by atoms with Crippen LogP contribution >= 0.6 is 11.6 Å². The van der Waals surface area contributed by atoms with Crippen molar-refractivity contribution in [1.82, 2.24) is 4.90 Å². The first-order valence-electron chi connectivity index (χ1n) is 11.1. The molecule has 3 unspecified atom stereocenters. The second-order valence-electron chi connectivity index (χ2n) is 9.53. The number of hydrogen-bond donors (Lipinski definition) is 2. The summed E-state index contributed by atoms with van der Waals surface area (Å²) in [6, 6.07) is 4.95. The van der Waals surface area contributed by atoms with Crippen LogP contribution in [-0.2, 0) is 19.1 Å². The lowest BCUT2D eigenvalue weighted by molar-refractivity contribution is -0.157. The van der Waals surface area contributed by atoms with E-state index in [0.717, 1.165) is 0 Å². The van der Waals surface area contributed by atoms with Gasteiger partial charge in [0.1, 0.15) is 17.6 Å². The Balaban J connectivity index is 1.86. The van der Waals surface area contributed by atoms with Gasteiger partial charge in [-0.1, -0.05) is 24.6 Å². The summed E-state index contributed by atoms with van der Waals surface area (Å²) >= 11 is 6.02. The highest BCUT2D eigenvalue weighted by molar-refractivity contribution is 6.30. The fourth-order valence-corrected chi connectivity index (χ4v) is 6.24. The van der Waals surface area contributed by atoms with Gasteiger partial charge in [0, 0.05) is 17.3 Å². The number of likely N-dealkylation sites (tertiary alicyclic amines) is 1. The number of aliphatic carboxylic acids is 1. The normalized spacial score (nSPS) is 35.4.